The van der Waals surface area contributed by atoms with E-state index < -0.39 is 0 Å². The summed E-state index contributed by atoms with van der Waals surface area (Å²) in [5.74, 6) is 0.663. The number of carbonyl (C=O) groups is 2. The molecule has 5 heteroatoms. The van der Waals surface area contributed by atoms with Gasteiger partial charge in [-0.15, -0.1) is 0 Å². The average molecular weight is 415 g/mol. The van der Waals surface area contributed by atoms with Crippen molar-refractivity contribution in [2.75, 3.05) is 7.11 Å². The Morgan fingerprint density at radius 1 is 1.03 bits per heavy atom. The van der Waals surface area contributed by atoms with E-state index in [9.17, 15) is 9.59 Å². The molecule has 2 amide bonds. The molecular weight excluding hydrogens is 388 g/mol. The summed E-state index contributed by atoms with van der Waals surface area (Å²) >= 11 is 0. The van der Waals surface area contributed by atoms with Crippen LogP contribution in [0.1, 0.15) is 45.1 Å². The first-order valence-electron chi connectivity index (χ1n) is 10.4. The van der Waals surface area contributed by atoms with Gasteiger partial charge in [0.15, 0.2) is 0 Å². The highest BCUT2D eigenvalue weighted by molar-refractivity contribution is 5.98. The molecule has 4 rings (SSSR count). The summed E-state index contributed by atoms with van der Waals surface area (Å²) in [6.07, 6.45) is 0.207. The molecule has 3 aromatic carbocycles. The van der Waals surface area contributed by atoms with Crippen LogP contribution in [0.25, 0.3) is 0 Å². The Balaban J connectivity index is 1.50. The average Bonchev–Trinajstić information content (AvgIpc) is 3.13. The van der Waals surface area contributed by atoms with Crippen molar-refractivity contribution in [3.05, 3.63) is 101 Å². The molecule has 1 atom stereocenters. The molecule has 0 radical (unpaired) electrons. The molecule has 0 aromatic heterocycles. The molecule has 0 unspecified atom stereocenters. The number of amides is 2. The molecule has 0 bridgehead atoms. The Morgan fingerprint density at radius 2 is 1.74 bits per heavy atom. The van der Waals surface area contributed by atoms with E-state index in [1.807, 2.05) is 84.6 Å². The van der Waals surface area contributed by atoms with Crippen molar-refractivity contribution in [1.29, 1.82) is 0 Å². The van der Waals surface area contributed by atoms with Gasteiger partial charge in [0.05, 0.1) is 19.6 Å². The van der Waals surface area contributed by atoms with E-state index in [0.29, 0.717) is 13.1 Å². The number of ether oxygens (including phenoxy) is 1. The fourth-order valence-corrected chi connectivity index (χ4v) is 3.92. The number of fused-ring (bicyclic) bond motifs is 1. The van der Waals surface area contributed by atoms with Crippen molar-refractivity contribution >= 4 is 11.8 Å². The van der Waals surface area contributed by atoms with Gasteiger partial charge in [-0.05, 0) is 41.8 Å². The number of benzene rings is 3. The Kier molecular flexibility index (Phi) is 6.03. The quantitative estimate of drug-likeness (QED) is 0.623. The lowest BCUT2D eigenvalue weighted by atomic mass is 10.00. The van der Waals surface area contributed by atoms with Crippen molar-refractivity contribution in [2.45, 2.75) is 32.5 Å². The van der Waals surface area contributed by atoms with E-state index in [-0.39, 0.29) is 24.3 Å². The van der Waals surface area contributed by atoms with Gasteiger partial charge in [0.25, 0.3) is 5.91 Å². The second-order valence-electron chi connectivity index (χ2n) is 7.85. The Labute approximate surface area is 182 Å². The Morgan fingerprint density at radius 3 is 2.42 bits per heavy atom. The van der Waals surface area contributed by atoms with Crippen LogP contribution in [0, 0.1) is 6.92 Å². The van der Waals surface area contributed by atoms with E-state index in [0.717, 1.165) is 33.6 Å². The third-order valence-electron chi connectivity index (χ3n) is 5.72. The third kappa shape index (κ3) is 4.61. The monoisotopic (exact) mass is 414 g/mol. The predicted octanol–water partition coefficient (Wildman–Crippen LogP) is 4.41. The zero-order chi connectivity index (χ0) is 21.8. The zero-order valence-electron chi connectivity index (χ0n) is 17.8. The molecule has 31 heavy (non-hydrogen) atoms. The summed E-state index contributed by atoms with van der Waals surface area (Å²) in [6.45, 7) is 2.97. The zero-order valence-corrected chi connectivity index (χ0v) is 17.8. The predicted molar refractivity (Wildman–Crippen MR) is 120 cm³/mol. The van der Waals surface area contributed by atoms with Gasteiger partial charge >= 0.3 is 0 Å². The van der Waals surface area contributed by atoms with Crippen LogP contribution in [0.4, 0.5) is 0 Å². The lowest BCUT2D eigenvalue weighted by Gasteiger charge is -2.28. The number of nitrogens with zero attached hydrogens (tertiary/aromatic N) is 1. The molecule has 1 heterocycles. The van der Waals surface area contributed by atoms with Gasteiger partial charge in [-0.25, -0.2) is 0 Å². The van der Waals surface area contributed by atoms with Gasteiger partial charge in [0, 0.05) is 18.7 Å². The summed E-state index contributed by atoms with van der Waals surface area (Å²) in [5.41, 5.74) is 4.82. The minimum Gasteiger partial charge on any atom is -0.497 e. The molecule has 0 aliphatic carbocycles. The van der Waals surface area contributed by atoms with Crippen LogP contribution in [0.15, 0.2) is 72.8 Å². The van der Waals surface area contributed by atoms with Crippen molar-refractivity contribution in [3.8, 4) is 5.75 Å². The van der Waals surface area contributed by atoms with Gasteiger partial charge in [-0.3, -0.25) is 9.59 Å². The highest BCUT2D eigenvalue weighted by Gasteiger charge is 2.34. The second kappa shape index (κ2) is 9.04. The topological polar surface area (TPSA) is 58.6 Å². The molecule has 0 fully saturated rings. The van der Waals surface area contributed by atoms with Crippen molar-refractivity contribution in [1.82, 2.24) is 10.2 Å². The fraction of sp³-hybridized carbons (Fsp3) is 0.231. The molecule has 0 saturated heterocycles. The van der Waals surface area contributed by atoms with Crippen LogP contribution in [0.3, 0.4) is 0 Å². The normalized spacial score (nSPS) is 13.6. The van der Waals surface area contributed by atoms with Gasteiger partial charge in [0.1, 0.15) is 5.75 Å². The maximum atomic E-state index is 13.1. The summed E-state index contributed by atoms with van der Waals surface area (Å²) in [4.78, 5) is 27.7. The number of carbonyl (C=O) groups excluding carboxylic acids is 2. The first kappa shape index (κ1) is 20.7. The third-order valence-corrected chi connectivity index (χ3v) is 5.72. The van der Waals surface area contributed by atoms with Crippen LogP contribution in [0.2, 0.25) is 0 Å². The highest BCUT2D eigenvalue weighted by Crippen LogP contribution is 2.33. The first-order chi connectivity index (χ1) is 15.0. The maximum absolute atomic E-state index is 13.1. The fourth-order valence-electron chi connectivity index (χ4n) is 3.92. The second-order valence-corrected chi connectivity index (χ2v) is 7.85. The minimum atomic E-state index is -0.323. The molecule has 0 spiro atoms. The minimum absolute atomic E-state index is 0.0240. The first-order valence-corrected chi connectivity index (χ1v) is 10.4. The molecule has 3 aromatic rings. The smallest absolute Gasteiger partial charge is 0.255 e. The van der Waals surface area contributed by atoms with Crippen LogP contribution in [-0.4, -0.2) is 23.8 Å². The van der Waals surface area contributed by atoms with E-state index in [2.05, 4.69) is 5.32 Å². The van der Waals surface area contributed by atoms with Gasteiger partial charge < -0.3 is 15.0 Å². The van der Waals surface area contributed by atoms with E-state index in [1.165, 1.54) is 0 Å². The summed E-state index contributed by atoms with van der Waals surface area (Å²) in [7, 11) is 1.62. The standard InChI is InChI=1S/C26H26N2O3/c1-18-7-11-20(12-8-18)24(28-17-21-5-3-4-6-23(21)26(28)30)15-25(29)27-16-19-9-13-22(31-2)14-10-19/h3-14,24H,15-17H2,1-2H3,(H,27,29)/t24-/m1/s1. The summed E-state index contributed by atoms with van der Waals surface area (Å²) in [6, 6.07) is 23.0. The molecule has 1 N–H and O–H groups in total. The molecule has 1 aliphatic rings. The Hall–Kier alpha value is -3.60. The van der Waals surface area contributed by atoms with E-state index in [1.54, 1.807) is 7.11 Å². The highest BCUT2D eigenvalue weighted by atomic mass is 16.5. The molecule has 0 saturated carbocycles. The van der Waals surface area contributed by atoms with E-state index >= 15 is 0 Å². The molecule has 1 aliphatic heterocycles. The number of hydrogen-bond donors (Lipinski definition) is 1. The van der Waals surface area contributed by atoms with Crippen molar-refractivity contribution in [3.63, 3.8) is 0 Å². The van der Waals surface area contributed by atoms with Crippen molar-refractivity contribution < 1.29 is 14.3 Å². The summed E-state index contributed by atoms with van der Waals surface area (Å²) < 4.78 is 5.17. The van der Waals surface area contributed by atoms with Gasteiger partial charge in [0.2, 0.25) is 5.91 Å². The summed E-state index contributed by atoms with van der Waals surface area (Å²) in [5, 5.41) is 2.99. The molecule has 5 nitrogen and oxygen atoms in total. The van der Waals surface area contributed by atoms with E-state index in [4.69, 9.17) is 4.74 Å². The van der Waals surface area contributed by atoms with Gasteiger partial charge in [-0.1, -0.05) is 60.2 Å². The SMILES string of the molecule is COc1ccc(CNC(=O)C[C@H](c2ccc(C)cc2)N2Cc3ccccc3C2=O)cc1. The lowest BCUT2D eigenvalue weighted by molar-refractivity contribution is -0.122. The number of nitrogens with one attached hydrogen (secondary N) is 1. The Bertz CT molecular complexity index is 1070. The number of rotatable bonds is 7. The van der Waals surface area contributed by atoms with Crippen molar-refractivity contribution in [2.24, 2.45) is 0 Å². The van der Waals surface area contributed by atoms with Gasteiger partial charge in [-0.2, -0.15) is 0 Å². The van der Waals surface area contributed by atoms with Crippen LogP contribution in [-0.2, 0) is 17.9 Å². The molecule has 158 valence electrons. The number of methoxy groups -OCH3 is 1. The largest absolute Gasteiger partial charge is 0.497 e. The molecular formula is C26H26N2O3. The number of hydrogen-bond acceptors (Lipinski definition) is 3. The van der Waals surface area contributed by atoms with Crippen LogP contribution >= 0.6 is 0 Å². The lowest BCUT2D eigenvalue weighted by Crippen LogP contribution is -2.34. The van der Waals surface area contributed by atoms with Crippen LogP contribution in [0.5, 0.6) is 5.75 Å². The van der Waals surface area contributed by atoms with Crippen LogP contribution < -0.4 is 10.1 Å². The maximum Gasteiger partial charge on any atom is 0.255 e. The number of aryl methyl sites for hydroxylation is 1.